The molecule has 5 aromatic carbocycles. The largest absolute Gasteiger partial charge is 0.0776 e. The van der Waals surface area contributed by atoms with Crippen molar-refractivity contribution in [3.8, 4) is 0 Å². The lowest BCUT2D eigenvalue weighted by Gasteiger charge is -2.28. The van der Waals surface area contributed by atoms with Gasteiger partial charge in [-0.05, 0) is 33.5 Å². The molecular weight excluding hydrogens is 1030 g/mol. The predicted molar refractivity (Wildman–Crippen MR) is 435 cm³/mol. The zero-order chi connectivity index (χ0) is 67.2. The van der Waals surface area contributed by atoms with Crippen LogP contribution in [0.2, 0.25) is 0 Å². The van der Waals surface area contributed by atoms with E-state index in [9.17, 15) is 0 Å². The van der Waals surface area contributed by atoms with Crippen LogP contribution in [0.15, 0.2) is 182 Å². The van der Waals surface area contributed by atoms with Gasteiger partial charge in [0.15, 0.2) is 0 Å². The maximum absolute atomic E-state index is 2.29. The van der Waals surface area contributed by atoms with Crippen LogP contribution in [-0.4, -0.2) is 0 Å². The van der Waals surface area contributed by atoms with E-state index in [1.165, 1.54) is 32.1 Å². The van der Waals surface area contributed by atoms with Crippen LogP contribution >= 0.6 is 0 Å². The van der Waals surface area contributed by atoms with Crippen molar-refractivity contribution in [2.75, 3.05) is 0 Å². The van der Waals surface area contributed by atoms with Gasteiger partial charge < -0.3 is 0 Å². The maximum atomic E-state index is 2.29. The minimum Gasteiger partial charge on any atom is -0.0776 e. The molecule has 0 aliphatic heterocycles. The van der Waals surface area contributed by atoms with E-state index in [4.69, 9.17) is 0 Å². The lowest BCUT2D eigenvalue weighted by molar-refractivity contribution is 0.233. The zero-order valence-electron chi connectivity index (χ0n) is 63.4. The smallest absolute Gasteiger partial charge is 0.0378 e. The normalized spacial score (nSPS) is 7.67. The van der Waals surface area contributed by atoms with Crippen molar-refractivity contribution in [3.05, 3.63) is 182 Å². The van der Waals surface area contributed by atoms with Gasteiger partial charge in [-0.15, -0.1) is 0 Å². The van der Waals surface area contributed by atoms with E-state index in [2.05, 4.69) is 138 Å². The Balaban J connectivity index is -0.0000000277. The standard InChI is InChI=1S/C9H20.5C6H6.3C6H14.C3H8.10C2H6.6CH4/c1-8(2,3)7-9(4,5)6;5*1-2-4-6-5-3-1;3*1-5-6(2,3)4;1-3-2;10*1-2;;;;;;/h7H2,1-6H3;5*1-6H;3*5H2,1-4H3;3H2,1-2H3;10*1-2H3;6*1H4. The first-order valence-corrected chi connectivity index (χ1v) is 32.8. The summed E-state index contributed by atoms with van der Waals surface area (Å²) in [6.45, 7) is 84.8. The minimum atomic E-state index is 0. The highest BCUT2D eigenvalue weighted by Gasteiger charge is 2.20. The first kappa shape index (κ1) is 145. The third-order valence-corrected chi connectivity index (χ3v) is 7.58. The molecule has 0 nitrogen and oxygen atoms in total. The lowest BCUT2D eigenvalue weighted by atomic mass is 9.78. The molecule has 5 aromatic rings. The van der Waals surface area contributed by atoms with Crippen molar-refractivity contribution in [1.82, 2.24) is 0 Å². The predicted octanol–water partition coefficient (Wildman–Crippen LogP) is 34.7. The van der Waals surface area contributed by atoms with E-state index in [0.717, 1.165) is 0 Å². The maximum Gasteiger partial charge on any atom is -0.0378 e. The Morgan fingerprint density at radius 1 is 0.151 bits per heavy atom. The molecule has 5 rings (SSSR count). The Morgan fingerprint density at radius 2 is 0.198 bits per heavy atom. The summed E-state index contributed by atoms with van der Waals surface area (Å²) in [5.74, 6) is 0. The second-order valence-electron chi connectivity index (χ2n) is 20.5. The molecule has 528 valence electrons. The van der Waals surface area contributed by atoms with Crippen molar-refractivity contribution >= 4 is 0 Å². The Hall–Kier alpha value is -3.90. The number of benzene rings is 5. The second-order valence-corrected chi connectivity index (χ2v) is 20.5. The van der Waals surface area contributed by atoms with E-state index in [0.29, 0.717) is 27.1 Å². The van der Waals surface area contributed by atoms with Gasteiger partial charge in [0.1, 0.15) is 0 Å². The molecule has 0 fully saturated rings. The molecule has 0 aliphatic rings. The molecule has 0 aliphatic carbocycles. The molecule has 86 heavy (non-hydrogen) atoms. The second kappa shape index (κ2) is 139. The number of hydrogen-bond acceptors (Lipinski definition) is 0. The summed E-state index contributed by atoms with van der Waals surface area (Å²) in [6.07, 6.45) is 6.35. The average Bonchev–Trinajstić information content (AvgIpc) is 3.50. The molecule has 0 N–H and O–H groups in total. The van der Waals surface area contributed by atoms with Gasteiger partial charge in [0.05, 0.1) is 0 Å². The fourth-order valence-corrected chi connectivity index (χ4v) is 3.52. The van der Waals surface area contributed by atoms with Crippen LogP contribution < -0.4 is 0 Å². The molecular formula is C86H184. The summed E-state index contributed by atoms with van der Waals surface area (Å²) in [5, 5.41) is 0. The average molecular weight is 1220 g/mol. The van der Waals surface area contributed by atoms with Crippen LogP contribution in [0.25, 0.3) is 0 Å². The van der Waals surface area contributed by atoms with Crippen molar-refractivity contribution in [3.63, 3.8) is 0 Å². The highest BCUT2D eigenvalue weighted by atomic mass is 14.3. The Bertz CT molecular complexity index is 1010. The van der Waals surface area contributed by atoms with Crippen LogP contribution in [0, 0.1) is 27.1 Å². The van der Waals surface area contributed by atoms with Gasteiger partial charge in [0.25, 0.3) is 0 Å². The van der Waals surface area contributed by atoms with Crippen LogP contribution in [0.3, 0.4) is 0 Å². The number of rotatable bonds is 0. The molecule has 0 aromatic heterocycles. The summed E-state index contributed by atoms with van der Waals surface area (Å²) in [7, 11) is 0. The van der Waals surface area contributed by atoms with E-state index >= 15 is 0 Å². The van der Waals surface area contributed by atoms with Gasteiger partial charge in [0, 0.05) is 0 Å². The van der Waals surface area contributed by atoms with Crippen molar-refractivity contribution in [2.24, 2.45) is 27.1 Å². The first-order valence-electron chi connectivity index (χ1n) is 32.8. The Labute approximate surface area is 559 Å². The monoisotopic (exact) mass is 1220 g/mol. The molecule has 0 saturated heterocycles. The minimum absolute atomic E-state index is 0. The quantitative estimate of drug-likeness (QED) is 0.145. The van der Waals surface area contributed by atoms with Crippen molar-refractivity contribution < 1.29 is 0 Å². The zero-order valence-corrected chi connectivity index (χ0v) is 63.4. The van der Waals surface area contributed by atoms with Gasteiger partial charge >= 0.3 is 0 Å². The number of hydrogen-bond donors (Lipinski definition) is 0. The molecule has 0 spiro atoms. The van der Waals surface area contributed by atoms with E-state index in [1.807, 2.05) is 320 Å². The molecule has 0 radical (unpaired) electrons. The van der Waals surface area contributed by atoms with Crippen LogP contribution in [0.5, 0.6) is 0 Å². The summed E-state index contributed by atoms with van der Waals surface area (Å²) in [6, 6.07) is 60.0. The van der Waals surface area contributed by atoms with E-state index in [1.54, 1.807) is 0 Å². The molecule has 0 heterocycles. The summed E-state index contributed by atoms with van der Waals surface area (Å²) >= 11 is 0. The lowest BCUT2D eigenvalue weighted by Crippen LogP contribution is -2.16. The molecule has 0 heteroatoms. The van der Waals surface area contributed by atoms with Crippen LogP contribution in [-0.2, 0) is 0 Å². The van der Waals surface area contributed by atoms with Crippen LogP contribution in [0.1, 0.15) is 354 Å². The first-order chi connectivity index (χ1) is 37.8. The van der Waals surface area contributed by atoms with Gasteiger partial charge in [-0.1, -0.05) is 529 Å². The van der Waals surface area contributed by atoms with Gasteiger partial charge in [-0.3, -0.25) is 0 Å². The Morgan fingerprint density at radius 3 is 0.209 bits per heavy atom. The SMILES string of the molecule is C.C.C.C.C.C.CC.CC.CC.CC.CC.CC.CC.CC.CC.CC.CC(C)(C)CC(C)(C)C.CCC.CCC(C)(C)C.CCC(C)(C)C.CCC(C)(C)C.c1ccccc1.c1ccccc1.c1ccccc1.c1ccccc1.c1ccccc1. The van der Waals surface area contributed by atoms with Crippen LogP contribution in [0.4, 0.5) is 0 Å². The van der Waals surface area contributed by atoms with E-state index < -0.39 is 0 Å². The Kier molecular flexibility index (Phi) is 234. The van der Waals surface area contributed by atoms with E-state index in [-0.39, 0.29) is 44.6 Å². The fourth-order valence-electron chi connectivity index (χ4n) is 3.52. The molecule has 0 saturated carbocycles. The third kappa shape index (κ3) is 297. The molecule has 0 unspecified atom stereocenters. The van der Waals surface area contributed by atoms with Gasteiger partial charge in [-0.25, -0.2) is 0 Å². The third-order valence-electron chi connectivity index (χ3n) is 7.58. The highest BCUT2D eigenvalue weighted by molar-refractivity contribution is 5.01. The molecule has 0 bridgehead atoms. The van der Waals surface area contributed by atoms with Crippen molar-refractivity contribution in [1.29, 1.82) is 0 Å². The fraction of sp³-hybridized carbons (Fsp3) is 0.651. The molecule has 0 atom stereocenters. The summed E-state index contributed by atoms with van der Waals surface area (Å²) < 4.78 is 0. The summed E-state index contributed by atoms with van der Waals surface area (Å²) in [4.78, 5) is 0. The van der Waals surface area contributed by atoms with Crippen molar-refractivity contribution in [2.45, 2.75) is 354 Å². The summed E-state index contributed by atoms with van der Waals surface area (Å²) in [5.41, 5.74) is 2.59. The van der Waals surface area contributed by atoms with Gasteiger partial charge in [0.2, 0.25) is 0 Å². The highest BCUT2D eigenvalue weighted by Crippen LogP contribution is 2.32. The van der Waals surface area contributed by atoms with Gasteiger partial charge in [-0.2, -0.15) is 0 Å². The molecule has 0 amide bonds. The topological polar surface area (TPSA) is 0 Å².